The normalized spacial score (nSPS) is 41.8. The van der Waals surface area contributed by atoms with E-state index in [4.69, 9.17) is 14.2 Å². The first-order chi connectivity index (χ1) is 14.3. The van der Waals surface area contributed by atoms with Gasteiger partial charge in [0, 0.05) is 11.8 Å². The fourth-order valence-corrected chi connectivity index (χ4v) is 7.02. The second kappa shape index (κ2) is 7.23. The number of rotatable bonds is 7. The van der Waals surface area contributed by atoms with Gasteiger partial charge < -0.3 is 14.2 Å². The monoisotopic (exact) mass is 418 g/mol. The maximum absolute atomic E-state index is 13.0. The highest BCUT2D eigenvalue weighted by Crippen LogP contribution is 2.55. The van der Waals surface area contributed by atoms with Crippen molar-refractivity contribution in [3.8, 4) is 0 Å². The summed E-state index contributed by atoms with van der Waals surface area (Å²) in [4.78, 5) is 37.9. The molecule has 9 unspecified atom stereocenters. The lowest BCUT2D eigenvalue weighted by molar-refractivity contribution is -0.170. The average molecular weight is 419 g/mol. The Morgan fingerprint density at radius 2 is 1.90 bits per heavy atom. The molecule has 0 aromatic carbocycles. The number of hydrogen-bond donors (Lipinski definition) is 0. The van der Waals surface area contributed by atoms with Gasteiger partial charge in [0.05, 0.1) is 17.3 Å². The van der Waals surface area contributed by atoms with Gasteiger partial charge >= 0.3 is 17.9 Å². The zero-order valence-electron chi connectivity index (χ0n) is 18.3. The van der Waals surface area contributed by atoms with Gasteiger partial charge in [0.15, 0.2) is 0 Å². The zero-order chi connectivity index (χ0) is 21.2. The van der Waals surface area contributed by atoms with E-state index in [9.17, 15) is 14.4 Å². The SMILES string of the molecule is CCC(CC(C)(C)C(=O)OC1CC2CCC1C2)C(=O)OC1C2CC3C(=O)OC1C3C2. The van der Waals surface area contributed by atoms with E-state index in [0.717, 1.165) is 25.2 Å². The molecule has 6 heteroatoms. The molecule has 5 rings (SSSR count). The van der Waals surface area contributed by atoms with Gasteiger partial charge in [-0.2, -0.15) is 0 Å². The minimum Gasteiger partial charge on any atom is -0.462 e. The maximum Gasteiger partial charge on any atom is 0.311 e. The van der Waals surface area contributed by atoms with Gasteiger partial charge in [-0.05, 0) is 77.0 Å². The van der Waals surface area contributed by atoms with E-state index >= 15 is 0 Å². The van der Waals surface area contributed by atoms with Crippen LogP contribution in [0.25, 0.3) is 0 Å². The molecule has 166 valence electrons. The lowest BCUT2D eigenvalue weighted by atomic mass is 9.81. The highest BCUT2D eigenvalue weighted by molar-refractivity contribution is 5.79. The van der Waals surface area contributed by atoms with Crippen molar-refractivity contribution in [2.24, 2.45) is 40.9 Å². The van der Waals surface area contributed by atoms with Crippen LogP contribution in [0.15, 0.2) is 0 Å². The third-order valence-corrected chi connectivity index (χ3v) is 8.73. The number of esters is 3. The number of ether oxygens (including phenoxy) is 3. The third kappa shape index (κ3) is 3.25. The molecule has 6 nitrogen and oxygen atoms in total. The smallest absolute Gasteiger partial charge is 0.311 e. The summed E-state index contributed by atoms with van der Waals surface area (Å²) in [6, 6.07) is 0. The second-order valence-corrected chi connectivity index (χ2v) is 11.1. The van der Waals surface area contributed by atoms with Gasteiger partial charge in [-0.3, -0.25) is 14.4 Å². The number of fused-ring (bicyclic) bond motifs is 3. The van der Waals surface area contributed by atoms with Gasteiger partial charge in [0.2, 0.25) is 0 Å². The number of carbonyl (C=O) groups is 3. The molecule has 0 N–H and O–H groups in total. The molecule has 4 bridgehead atoms. The first kappa shape index (κ1) is 20.3. The summed E-state index contributed by atoms with van der Waals surface area (Å²) >= 11 is 0. The van der Waals surface area contributed by atoms with Crippen molar-refractivity contribution in [1.29, 1.82) is 0 Å². The van der Waals surface area contributed by atoms with Crippen molar-refractivity contribution in [3.63, 3.8) is 0 Å². The molecule has 5 fully saturated rings. The predicted molar refractivity (Wildman–Crippen MR) is 107 cm³/mol. The van der Waals surface area contributed by atoms with E-state index < -0.39 is 5.41 Å². The summed E-state index contributed by atoms with van der Waals surface area (Å²) in [5.74, 6) is 0.757. The zero-order valence-corrected chi connectivity index (χ0v) is 18.3. The molecule has 0 amide bonds. The molecule has 30 heavy (non-hydrogen) atoms. The van der Waals surface area contributed by atoms with Crippen LogP contribution in [0, 0.1) is 40.9 Å². The van der Waals surface area contributed by atoms with Gasteiger partial charge in [-0.15, -0.1) is 0 Å². The lowest BCUT2D eigenvalue weighted by Crippen LogP contribution is -2.39. The van der Waals surface area contributed by atoms with Gasteiger partial charge in [-0.25, -0.2) is 0 Å². The van der Waals surface area contributed by atoms with E-state index in [1.807, 2.05) is 20.8 Å². The molecule has 0 aromatic rings. The van der Waals surface area contributed by atoms with Crippen LogP contribution < -0.4 is 0 Å². The summed E-state index contributed by atoms with van der Waals surface area (Å²) in [6.45, 7) is 5.70. The topological polar surface area (TPSA) is 78.9 Å². The van der Waals surface area contributed by atoms with Crippen molar-refractivity contribution < 1.29 is 28.6 Å². The fraction of sp³-hybridized carbons (Fsp3) is 0.875. The molecular weight excluding hydrogens is 384 g/mol. The molecular formula is C24H34O6. The van der Waals surface area contributed by atoms with E-state index in [1.165, 1.54) is 19.3 Å². The number of carbonyl (C=O) groups excluding carboxylic acids is 3. The van der Waals surface area contributed by atoms with Gasteiger partial charge in [0.1, 0.15) is 18.3 Å². The van der Waals surface area contributed by atoms with Crippen LogP contribution in [0.5, 0.6) is 0 Å². The number of hydrogen-bond acceptors (Lipinski definition) is 6. The van der Waals surface area contributed by atoms with Crippen molar-refractivity contribution in [3.05, 3.63) is 0 Å². The first-order valence-electron chi connectivity index (χ1n) is 11.9. The quantitative estimate of drug-likeness (QED) is 0.464. The Morgan fingerprint density at radius 3 is 2.57 bits per heavy atom. The van der Waals surface area contributed by atoms with Crippen molar-refractivity contribution in [1.82, 2.24) is 0 Å². The lowest BCUT2D eigenvalue weighted by Gasteiger charge is -2.31. The Balaban J connectivity index is 1.18. The van der Waals surface area contributed by atoms with Crippen LogP contribution in [0.4, 0.5) is 0 Å². The predicted octanol–water partition coefficient (Wildman–Crippen LogP) is 3.65. The average Bonchev–Trinajstić information content (AvgIpc) is 3.48. The standard InChI is InChI=1S/C24H34O6/c1-4-13(11-24(2,3)23(27)28-18-8-12-5-6-14(18)7-12)21(25)29-19-15-9-16-17(10-15)22(26)30-20(16)19/h12-20H,4-11H2,1-3H3. The highest BCUT2D eigenvalue weighted by Gasteiger charge is 2.63. The van der Waals surface area contributed by atoms with E-state index in [-0.39, 0.29) is 59.9 Å². The molecule has 4 saturated carbocycles. The Labute approximate surface area is 178 Å². The van der Waals surface area contributed by atoms with Crippen LogP contribution in [0.1, 0.15) is 72.1 Å². The largest absolute Gasteiger partial charge is 0.462 e. The molecule has 0 spiro atoms. The van der Waals surface area contributed by atoms with E-state index in [0.29, 0.717) is 18.8 Å². The minimum absolute atomic E-state index is 0.0106. The third-order valence-electron chi connectivity index (χ3n) is 8.73. The summed E-state index contributed by atoms with van der Waals surface area (Å²) in [5.41, 5.74) is -0.735. The molecule has 5 aliphatic rings. The fourth-order valence-electron chi connectivity index (χ4n) is 7.02. The summed E-state index contributed by atoms with van der Waals surface area (Å²) in [5, 5.41) is 0. The molecule has 0 radical (unpaired) electrons. The Bertz CT molecular complexity index is 744. The van der Waals surface area contributed by atoms with Crippen LogP contribution >= 0.6 is 0 Å². The van der Waals surface area contributed by atoms with E-state index in [1.54, 1.807) is 0 Å². The van der Waals surface area contributed by atoms with Crippen LogP contribution in [0.2, 0.25) is 0 Å². The minimum atomic E-state index is -0.735. The Hall–Kier alpha value is -1.59. The highest BCUT2D eigenvalue weighted by atomic mass is 16.6. The molecule has 4 aliphatic carbocycles. The van der Waals surface area contributed by atoms with Crippen LogP contribution in [0.3, 0.4) is 0 Å². The summed E-state index contributed by atoms with van der Waals surface area (Å²) in [7, 11) is 0. The maximum atomic E-state index is 13.0. The van der Waals surface area contributed by atoms with E-state index in [2.05, 4.69) is 0 Å². The Morgan fingerprint density at radius 1 is 1.10 bits per heavy atom. The molecule has 1 heterocycles. The van der Waals surface area contributed by atoms with Gasteiger partial charge in [-0.1, -0.05) is 6.92 Å². The second-order valence-electron chi connectivity index (χ2n) is 11.1. The van der Waals surface area contributed by atoms with Crippen molar-refractivity contribution >= 4 is 17.9 Å². The molecule has 0 aromatic heterocycles. The van der Waals surface area contributed by atoms with Crippen LogP contribution in [-0.2, 0) is 28.6 Å². The molecule has 1 aliphatic heterocycles. The Kier molecular flexibility index (Phi) is 4.90. The summed E-state index contributed by atoms with van der Waals surface area (Å²) in [6.07, 6.45) is 6.81. The van der Waals surface area contributed by atoms with Crippen molar-refractivity contribution in [2.45, 2.75) is 90.4 Å². The summed E-state index contributed by atoms with van der Waals surface area (Å²) < 4.78 is 17.3. The first-order valence-corrected chi connectivity index (χ1v) is 11.9. The molecule has 1 saturated heterocycles. The molecule has 9 atom stereocenters. The van der Waals surface area contributed by atoms with Crippen molar-refractivity contribution in [2.75, 3.05) is 0 Å². The van der Waals surface area contributed by atoms with Crippen LogP contribution in [-0.4, -0.2) is 36.2 Å². The van der Waals surface area contributed by atoms with Gasteiger partial charge in [0.25, 0.3) is 0 Å².